The molecule has 0 aliphatic carbocycles. The summed E-state index contributed by atoms with van der Waals surface area (Å²) in [5.41, 5.74) is 2.92. The summed E-state index contributed by atoms with van der Waals surface area (Å²) < 4.78 is 11.5. The first kappa shape index (κ1) is 19.8. The van der Waals surface area contributed by atoms with Gasteiger partial charge in [-0.2, -0.15) is 0 Å². The van der Waals surface area contributed by atoms with E-state index in [9.17, 15) is 4.79 Å². The number of ether oxygens (including phenoxy) is 2. The number of anilines is 1. The fourth-order valence-electron chi connectivity index (χ4n) is 2.52. The molecule has 2 aromatic rings. The van der Waals surface area contributed by atoms with Crippen LogP contribution in [-0.4, -0.2) is 18.6 Å². The minimum atomic E-state index is -0.583. The lowest BCUT2D eigenvalue weighted by Gasteiger charge is -2.17. The van der Waals surface area contributed by atoms with Crippen molar-refractivity contribution in [3.63, 3.8) is 0 Å². The van der Waals surface area contributed by atoms with Gasteiger partial charge in [-0.3, -0.25) is 4.79 Å². The number of carbonyl (C=O) groups is 1. The van der Waals surface area contributed by atoms with Crippen molar-refractivity contribution >= 4 is 11.6 Å². The summed E-state index contributed by atoms with van der Waals surface area (Å²) in [7, 11) is 0. The van der Waals surface area contributed by atoms with Crippen molar-refractivity contribution in [3.8, 4) is 11.5 Å². The molecular weight excluding hydrogens is 326 g/mol. The van der Waals surface area contributed by atoms with Gasteiger partial charge in [0.2, 0.25) is 0 Å². The van der Waals surface area contributed by atoms with Crippen LogP contribution in [0.2, 0.25) is 0 Å². The minimum Gasteiger partial charge on any atom is -0.494 e. The fourth-order valence-corrected chi connectivity index (χ4v) is 2.52. The summed E-state index contributed by atoms with van der Waals surface area (Å²) in [5, 5.41) is 2.88. The first-order chi connectivity index (χ1) is 12.5. The molecule has 0 bridgehead atoms. The van der Waals surface area contributed by atoms with Crippen molar-refractivity contribution < 1.29 is 14.3 Å². The molecule has 1 N–H and O–H groups in total. The van der Waals surface area contributed by atoms with Crippen LogP contribution in [0, 0.1) is 13.8 Å². The van der Waals surface area contributed by atoms with E-state index in [1.54, 1.807) is 6.92 Å². The van der Waals surface area contributed by atoms with Crippen LogP contribution in [0.4, 0.5) is 5.69 Å². The predicted octanol–water partition coefficient (Wildman–Crippen LogP) is 5.28. The highest BCUT2D eigenvalue weighted by Gasteiger charge is 2.16. The molecule has 0 spiro atoms. The van der Waals surface area contributed by atoms with Gasteiger partial charge in [-0.15, -0.1) is 0 Å². The number of nitrogens with one attached hydrogen (secondary N) is 1. The zero-order valence-electron chi connectivity index (χ0n) is 16.2. The SMILES string of the molecule is CCCCCOc1ccc(NC(=O)C(C)Oc2cccc(C)c2C)cc1. The monoisotopic (exact) mass is 355 g/mol. The summed E-state index contributed by atoms with van der Waals surface area (Å²) in [4.78, 5) is 12.4. The van der Waals surface area contributed by atoms with Crippen LogP contribution < -0.4 is 14.8 Å². The molecule has 0 aliphatic heterocycles. The summed E-state index contributed by atoms with van der Waals surface area (Å²) in [6.07, 6.45) is 2.83. The number of hydrogen-bond acceptors (Lipinski definition) is 3. The van der Waals surface area contributed by atoms with Crippen LogP contribution >= 0.6 is 0 Å². The molecule has 0 aromatic heterocycles. The number of carbonyl (C=O) groups excluding carboxylic acids is 1. The zero-order valence-corrected chi connectivity index (χ0v) is 16.2. The maximum atomic E-state index is 12.4. The van der Waals surface area contributed by atoms with Crippen LogP contribution in [0.1, 0.15) is 44.2 Å². The van der Waals surface area contributed by atoms with E-state index in [0.29, 0.717) is 0 Å². The van der Waals surface area contributed by atoms with Gasteiger partial charge in [0.15, 0.2) is 6.10 Å². The van der Waals surface area contributed by atoms with Crippen LogP contribution in [0.3, 0.4) is 0 Å². The maximum Gasteiger partial charge on any atom is 0.265 e. The van der Waals surface area contributed by atoms with Crippen molar-refractivity contribution in [1.82, 2.24) is 0 Å². The largest absolute Gasteiger partial charge is 0.494 e. The first-order valence-corrected chi connectivity index (χ1v) is 9.28. The van der Waals surface area contributed by atoms with Crippen LogP contribution in [-0.2, 0) is 4.79 Å². The normalized spacial score (nSPS) is 11.7. The molecule has 1 amide bonds. The minimum absolute atomic E-state index is 0.178. The van der Waals surface area contributed by atoms with E-state index >= 15 is 0 Å². The van der Waals surface area contributed by atoms with Crippen molar-refractivity contribution in [2.45, 2.75) is 53.1 Å². The third kappa shape index (κ3) is 5.80. The lowest BCUT2D eigenvalue weighted by atomic mass is 10.1. The van der Waals surface area contributed by atoms with Crippen LogP contribution in [0.25, 0.3) is 0 Å². The lowest BCUT2D eigenvalue weighted by molar-refractivity contribution is -0.122. The average Bonchev–Trinajstić information content (AvgIpc) is 2.64. The smallest absolute Gasteiger partial charge is 0.265 e. The Hall–Kier alpha value is -2.49. The molecule has 26 heavy (non-hydrogen) atoms. The van der Waals surface area contributed by atoms with E-state index in [1.807, 2.05) is 56.3 Å². The van der Waals surface area contributed by atoms with Crippen LogP contribution in [0.15, 0.2) is 42.5 Å². The van der Waals surface area contributed by atoms with Gasteiger partial charge in [0.05, 0.1) is 6.61 Å². The Balaban J connectivity index is 1.87. The summed E-state index contributed by atoms with van der Waals surface area (Å²) in [5.74, 6) is 1.38. The Morgan fingerprint density at radius 1 is 1.08 bits per heavy atom. The molecule has 4 nitrogen and oxygen atoms in total. The topological polar surface area (TPSA) is 47.6 Å². The quantitative estimate of drug-likeness (QED) is 0.623. The Labute approximate surface area is 156 Å². The third-order valence-corrected chi connectivity index (χ3v) is 4.37. The zero-order chi connectivity index (χ0) is 18.9. The highest BCUT2D eigenvalue weighted by atomic mass is 16.5. The van der Waals surface area contributed by atoms with Gasteiger partial charge >= 0.3 is 0 Å². The second-order valence-corrected chi connectivity index (χ2v) is 6.53. The molecule has 2 rings (SSSR count). The molecular formula is C22H29NO3. The van der Waals surface area contributed by atoms with Crippen molar-refractivity contribution in [1.29, 1.82) is 0 Å². The van der Waals surface area contributed by atoms with E-state index in [1.165, 1.54) is 12.8 Å². The molecule has 0 saturated carbocycles. The van der Waals surface area contributed by atoms with Gasteiger partial charge in [-0.1, -0.05) is 31.9 Å². The second-order valence-electron chi connectivity index (χ2n) is 6.53. The van der Waals surface area contributed by atoms with Gasteiger partial charge in [0.25, 0.3) is 5.91 Å². The molecule has 4 heteroatoms. The molecule has 0 heterocycles. The molecule has 0 fully saturated rings. The molecule has 1 unspecified atom stereocenters. The van der Waals surface area contributed by atoms with Crippen molar-refractivity contribution in [2.75, 3.05) is 11.9 Å². The van der Waals surface area contributed by atoms with Crippen molar-refractivity contribution in [2.24, 2.45) is 0 Å². The second kappa shape index (κ2) is 9.85. The molecule has 0 radical (unpaired) electrons. The number of benzene rings is 2. The Morgan fingerprint density at radius 2 is 1.81 bits per heavy atom. The van der Waals surface area contributed by atoms with Gasteiger partial charge in [-0.25, -0.2) is 0 Å². The predicted molar refractivity (Wildman–Crippen MR) is 106 cm³/mol. The molecule has 140 valence electrons. The van der Waals surface area contributed by atoms with E-state index in [2.05, 4.69) is 12.2 Å². The molecule has 1 atom stereocenters. The van der Waals surface area contributed by atoms with Crippen molar-refractivity contribution in [3.05, 3.63) is 53.6 Å². The number of hydrogen-bond donors (Lipinski definition) is 1. The summed E-state index contributed by atoms with van der Waals surface area (Å²) in [6.45, 7) is 8.67. The summed E-state index contributed by atoms with van der Waals surface area (Å²) >= 11 is 0. The standard InChI is InChI=1S/C22H29NO3/c1-5-6-7-15-25-20-13-11-19(12-14-20)23-22(24)18(4)26-21-10-8-9-16(2)17(21)3/h8-14,18H,5-7,15H2,1-4H3,(H,23,24). The maximum absolute atomic E-state index is 12.4. The highest BCUT2D eigenvalue weighted by Crippen LogP contribution is 2.22. The van der Waals surface area contributed by atoms with Gasteiger partial charge in [0, 0.05) is 5.69 Å². The van der Waals surface area contributed by atoms with E-state index < -0.39 is 6.10 Å². The van der Waals surface area contributed by atoms with E-state index in [-0.39, 0.29) is 5.91 Å². The number of aryl methyl sites for hydroxylation is 1. The number of rotatable bonds is 9. The molecule has 2 aromatic carbocycles. The average molecular weight is 355 g/mol. The number of unbranched alkanes of at least 4 members (excludes halogenated alkanes) is 2. The van der Waals surface area contributed by atoms with E-state index in [4.69, 9.17) is 9.47 Å². The molecule has 0 saturated heterocycles. The van der Waals surface area contributed by atoms with E-state index in [0.717, 1.165) is 41.3 Å². The van der Waals surface area contributed by atoms with Crippen LogP contribution in [0.5, 0.6) is 11.5 Å². The Kier molecular flexibility index (Phi) is 7.52. The summed E-state index contributed by atoms with van der Waals surface area (Å²) in [6, 6.07) is 13.3. The Morgan fingerprint density at radius 3 is 2.50 bits per heavy atom. The number of amides is 1. The van der Waals surface area contributed by atoms with Gasteiger partial charge in [0.1, 0.15) is 11.5 Å². The highest BCUT2D eigenvalue weighted by molar-refractivity contribution is 5.94. The van der Waals surface area contributed by atoms with Gasteiger partial charge in [-0.05, 0) is 68.7 Å². The first-order valence-electron chi connectivity index (χ1n) is 9.28. The lowest BCUT2D eigenvalue weighted by Crippen LogP contribution is -2.30. The molecule has 0 aliphatic rings. The third-order valence-electron chi connectivity index (χ3n) is 4.37. The van der Waals surface area contributed by atoms with Gasteiger partial charge < -0.3 is 14.8 Å². The fraction of sp³-hybridized carbons (Fsp3) is 0.409. The Bertz CT molecular complexity index is 710.